The molecule has 0 fully saturated rings. The quantitative estimate of drug-likeness (QED) is 0.211. The number of thiazole rings is 1. The summed E-state index contributed by atoms with van der Waals surface area (Å²) in [5.74, 6) is -1.26. The lowest BCUT2D eigenvalue weighted by molar-refractivity contribution is -0.140. The molecule has 3 aromatic carbocycles. The standard InChI is InChI=1S/C33H26ClF3N2O6S/c1-3-43-30(41)21-11-9-19(10-12-21)18-45-24-8-6-5-7-22(24)17-25-29(40)39-27(20-13-15-23(34)16-14-20)26(31(42)44-4-2)28(33(35,36)37)38-32(39)46-25/h5-17,27H,3-4,18H2,1-2H3/b25-17-/t27-/m0/s1. The zero-order valence-corrected chi connectivity index (χ0v) is 26.0. The van der Waals surface area contributed by atoms with Crippen LogP contribution in [0, 0.1) is 0 Å². The van der Waals surface area contributed by atoms with Gasteiger partial charge in [-0.15, -0.1) is 0 Å². The smallest absolute Gasteiger partial charge is 0.434 e. The third kappa shape index (κ3) is 6.92. The first kappa shape index (κ1) is 32.7. The summed E-state index contributed by atoms with van der Waals surface area (Å²) in [7, 11) is 0. The van der Waals surface area contributed by atoms with Crippen molar-refractivity contribution in [3.05, 3.63) is 131 Å². The number of alkyl halides is 3. The predicted octanol–water partition coefficient (Wildman–Crippen LogP) is 5.75. The number of esters is 2. The third-order valence-corrected chi connectivity index (χ3v) is 8.08. The lowest BCUT2D eigenvalue weighted by Crippen LogP contribution is -2.41. The average molecular weight is 671 g/mol. The number of allylic oxidation sites excluding steroid dienone is 1. The molecule has 1 aromatic heterocycles. The Bertz CT molecular complexity index is 1980. The van der Waals surface area contributed by atoms with Crippen LogP contribution in [-0.4, -0.2) is 35.9 Å². The molecule has 0 saturated heterocycles. The molecule has 238 valence electrons. The molecule has 5 rings (SSSR count). The van der Waals surface area contributed by atoms with Crippen LogP contribution in [0.25, 0.3) is 6.08 Å². The van der Waals surface area contributed by atoms with Gasteiger partial charge < -0.3 is 14.2 Å². The van der Waals surface area contributed by atoms with Crippen LogP contribution >= 0.6 is 22.9 Å². The molecule has 8 nitrogen and oxygen atoms in total. The molecule has 2 heterocycles. The summed E-state index contributed by atoms with van der Waals surface area (Å²) in [5.41, 5.74) is -1.02. The van der Waals surface area contributed by atoms with Gasteiger partial charge >= 0.3 is 18.1 Å². The summed E-state index contributed by atoms with van der Waals surface area (Å²) in [6, 6.07) is 17.9. The van der Waals surface area contributed by atoms with Crippen molar-refractivity contribution >= 4 is 41.0 Å². The lowest BCUT2D eigenvalue weighted by Gasteiger charge is -2.26. The van der Waals surface area contributed by atoms with Crippen molar-refractivity contribution in [3.63, 3.8) is 0 Å². The lowest BCUT2D eigenvalue weighted by atomic mass is 9.95. The molecule has 0 unspecified atom stereocenters. The van der Waals surface area contributed by atoms with Gasteiger partial charge in [0, 0.05) is 10.6 Å². The Kier molecular flexibility index (Phi) is 9.78. The molecular formula is C33H26ClF3N2O6S. The van der Waals surface area contributed by atoms with Gasteiger partial charge in [0.15, 0.2) is 10.5 Å². The number of halogens is 4. The average Bonchev–Trinajstić information content (AvgIpc) is 3.34. The fraction of sp³-hybridized carbons (Fsp3) is 0.212. The van der Waals surface area contributed by atoms with Crippen molar-refractivity contribution in [2.24, 2.45) is 4.99 Å². The van der Waals surface area contributed by atoms with Crippen molar-refractivity contribution in [2.75, 3.05) is 13.2 Å². The molecule has 13 heteroatoms. The molecular weight excluding hydrogens is 645 g/mol. The molecule has 4 aromatic rings. The van der Waals surface area contributed by atoms with E-state index in [4.69, 9.17) is 25.8 Å². The number of carbonyl (C=O) groups is 2. The summed E-state index contributed by atoms with van der Waals surface area (Å²) < 4.78 is 60.2. The number of hydrogen-bond acceptors (Lipinski definition) is 8. The highest BCUT2D eigenvalue weighted by Gasteiger charge is 2.45. The van der Waals surface area contributed by atoms with Crippen molar-refractivity contribution in [3.8, 4) is 5.75 Å². The Morgan fingerprint density at radius 3 is 2.26 bits per heavy atom. The first-order valence-corrected chi connectivity index (χ1v) is 15.2. The molecule has 0 aliphatic carbocycles. The van der Waals surface area contributed by atoms with Gasteiger partial charge in [-0.1, -0.05) is 65.4 Å². The highest BCUT2D eigenvalue weighted by atomic mass is 35.5. The van der Waals surface area contributed by atoms with E-state index in [1.807, 2.05) is 0 Å². The van der Waals surface area contributed by atoms with E-state index in [-0.39, 0.29) is 34.7 Å². The summed E-state index contributed by atoms with van der Waals surface area (Å²) in [4.78, 5) is 42.4. The fourth-order valence-electron chi connectivity index (χ4n) is 4.79. The van der Waals surface area contributed by atoms with E-state index in [1.54, 1.807) is 55.5 Å². The van der Waals surface area contributed by atoms with E-state index in [2.05, 4.69) is 4.99 Å². The fourth-order valence-corrected chi connectivity index (χ4v) is 5.90. The largest absolute Gasteiger partial charge is 0.488 e. The maximum absolute atomic E-state index is 14.4. The Hall–Kier alpha value is -4.68. The summed E-state index contributed by atoms with van der Waals surface area (Å²) in [6.45, 7) is 3.40. The van der Waals surface area contributed by atoms with E-state index in [0.717, 1.165) is 21.5 Å². The van der Waals surface area contributed by atoms with Gasteiger partial charge in [0.05, 0.1) is 34.9 Å². The SMILES string of the molecule is CCOC(=O)C1=C(C(F)(F)F)N=c2s/c(=C\c3ccccc3OCc3ccc(C(=O)OCC)cc3)c(=O)n2[C@H]1c1ccc(Cl)cc1. The minimum Gasteiger partial charge on any atom is -0.488 e. The van der Waals surface area contributed by atoms with Crippen LogP contribution in [0.2, 0.25) is 5.02 Å². The summed E-state index contributed by atoms with van der Waals surface area (Å²) in [6.07, 6.45) is -3.51. The van der Waals surface area contributed by atoms with Crippen LogP contribution in [0.15, 0.2) is 93.9 Å². The molecule has 1 atom stereocenters. The highest BCUT2D eigenvalue weighted by Crippen LogP contribution is 2.38. The molecule has 46 heavy (non-hydrogen) atoms. The minimum absolute atomic E-state index is 0.0687. The van der Waals surface area contributed by atoms with E-state index in [0.29, 0.717) is 21.9 Å². The second-order valence-electron chi connectivity index (χ2n) is 9.86. The normalized spacial score (nSPS) is 14.8. The Labute approximate surface area is 269 Å². The molecule has 0 spiro atoms. The molecule has 0 bridgehead atoms. The Morgan fingerprint density at radius 1 is 0.957 bits per heavy atom. The summed E-state index contributed by atoms with van der Waals surface area (Å²) in [5, 5.41) is 0.320. The van der Waals surface area contributed by atoms with Crippen molar-refractivity contribution < 1.29 is 37.0 Å². The maximum atomic E-state index is 14.4. The predicted molar refractivity (Wildman–Crippen MR) is 165 cm³/mol. The van der Waals surface area contributed by atoms with Crippen LogP contribution in [0.1, 0.15) is 46.9 Å². The van der Waals surface area contributed by atoms with Crippen LogP contribution in [0.5, 0.6) is 5.75 Å². The first-order chi connectivity index (χ1) is 22.0. The number of aromatic nitrogens is 1. The molecule has 0 radical (unpaired) electrons. The second-order valence-corrected chi connectivity index (χ2v) is 11.3. The van der Waals surface area contributed by atoms with E-state index < -0.39 is 41.0 Å². The first-order valence-electron chi connectivity index (χ1n) is 14.1. The van der Waals surface area contributed by atoms with E-state index in [9.17, 15) is 27.6 Å². The van der Waals surface area contributed by atoms with Crippen molar-refractivity contribution in [2.45, 2.75) is 32.7 Å². The number of ether oxygens (including phenoxy) is 3. The Morgan fingerprint density at radius 2 is 1.61 bits per heavy atom. The van der Waals surface area contributed by atoms with Gasteiger partial charge in [-0.25, -0.2) is 14.6 Å². The van der Waals surface area contributed by atoms with Gasteiger partial charge in [-0.2, -0.15) is 13.2 Å². The molecule has 0 saturated carbocycles. The minimum atomic E-state index is -5.02. The second kappa shape index (κ2) is 13.8. The third-order valence-electron chi connectivity index (χ3n) is 6.85. The zero-order chi connectivity index (χ0) is 33.0. The number of carbonyl (C=O) groups excluding carboxylic acids is 2. The van der Waals surface area contributed by atoms with Gasteiger partial charge in [0.25, 0.3) is 5.56 Å². The Balaban J connectivity index is 1.57. The van der Waals surface area contributed by atoms with Gasteiger partial charge in [-0.05, 0) is 61.4 Å². The van der Waals surface area contributed by atoms with Crippen LogP contribution in [0.3, 0.4) is 0 Å². The van der Waals surface area contributed by atoms with Gasteiger partial charge in [0.1, 0.15) is 12.4 Å². The number of benzene rings is 3. The maximum Gasteiger partial charge on any atom is 0.434 e. The van der Waals surface area contributed by atoms with Gasteiger partial charge in [0.2, 0.25) is 0 Å². The van der Waals surface area contributed by atoms with Crippen LogP contribution < -0.4 is 19.6 Å². The number of fused-ring (bicyclic) bond motifs is 1. The molecule has 0 N–H and O–H groups in total. The van der Waals surface area contributed by atoms with E-state index in [1.165, 1.54) is 37.3 Å². The van der Waals surface area contributed by atoms with Gasteiger partial charge in [-0.3, -0.25) is 9.36 Å². The summed E-state index contributed by atoms with van der Waals surface area (Å²) >= 11 is 6.79. The molecule has 1 aliphatic rings. The highest BCUT2D eigenvalue weighted by molar-refractivity contribution is 7.07. The van der Waals surface area contributed by atoms with Crippen molar-refractivity contribution in [1.29, 1.82) is 0 Å². The van der Waals surface area contributed by atoms with Crippen molar-refractivity contribution in [1.82, 2.24) is 4.57 Å². The topological polar surface area (TPSA) is 96.2 Å². The molecule has 0 amide bonds. The van der Waals surface area contributed by atoms with Crippen LogP contribution in [-0.2, 0) is 20.9 Å². The molecule has 1 aliphatic heterocycles. The number of nitrogens with zero attached hydrogens (tertiary/aromatic N) is 2. The van der Waals surface area contributed by atoms with Crippen LogP contribution in [0.4, 0.5) is 13.2 Å². The number of rotatable bonds is 9. The zero-order valence-electron chi connectivity index (χ0n) is 24.5. The number of hydrogen-bond donors (Lipinski definition) is 0. The number of para-hydroxylation sites is 1. The van der Waals surface area contributed by atoms with E-state index >= 15 is 0 Å². The monoisotopic (exact) mass is 670 g/mol.